The van der Waals surface area contributed by atoms with Gasteiger partial charge in [0.2, 0.25) is 0 Å². The second-order valence-corrected chi connectivity index (χ2v) is 3.85. The van der Waals surface area contributed by atoms with Crippen molar-refractivity contribution in [3.8, 4) is 0 Å². The number of para-hydroxylation sites is 1. The van der Waals surface area contributed by atoms with Crippen molar-refractivity contribution in [3.63, 3.8) is 0 Å². The van der Waals surface area contributed by atoms with Crippen molar-refractivity contribution in [3.05, 3.63) is 30.3 Å². The summed E-state index contributed by atoms with van der Waals surface area (Å²) in [5.41, 5.74) is 1.31. The maximum Gasteiger partial charge on any atom is 0.0366 e. The van der Waals surface area contributed by atoms with Gasteiger partial charge in [-0.3, -0.25) is 0 Å². The standard InChI is InChI=1S/C12H19NS/c1-2-3-9-13(10-11-14)12-7-5-4-6-8-12/h4-8,14H,2-3,9-11H2,1H3. The van der Waals surface area contributed by atoms with Crippen LogP contribution < -0.4 is 4.90 Å². The first-order chi connectivity index (χ1) is 6.88. The smallest absolute Gasteiger partial charge is 0.0366 e. The molecule has 1 aromatic rings. The molecule has 0 N–H and O–H groups in total. The van der Waals surface area contributed by atoms with Gasteiger partial charge in [-0.05, 0) is 18.6 Å². The lowest BCUT2D eigenvalue weighted by Crippen LogP contribution is -2.26. The minimum Gasteiger partial charge on any atom is -0.371 e. The third kappa shape index (κ3) is 3.62. The van der Waals surface area contributed by atoms with E-state index in [1.165, 1.54) is 18.5 Å². The molecule has 0 unspecified atom stereocenters. The Hall–Kier alpha value is -0.630. The largest absolute Gasteiger partial charge is 0.371 e. The average Bonchev–Trinajstić information content (AvgIpc) is 2.25. The molecule has 0 radical (unpaired) electrons. The minimum atomic E-state index is 0.915. The Labute approximate surface area is 92.5 Å². The van der Waals surface area contributed by atoms with Crippen LogP contribution in [0.15, 0.2) is 30.3 Å². The van der Waals surface area contributed by atoms with Crippen molar-refractivity contribution in [1.82, 2.24) is 0 Å². The number of hydrogen-bond donors (Lipinski definition) is 1. The van der Waals surface area contributed by atoms with Gasteiger partial charge in [0.05, 0.1) is 0 Å². The van der Waals surface area contributed by atoms with E-state index in [2.05, 4.69) is 54.8 Å². The quantitative estimate of drug-likeness (QED) is 0.704. The zero-order valence-corrected chi connectivity index (χ0v) is 9.71. The molecule has 0 heterocycles. The molecule has 0 amide bonds. The molecule has 0 saturated carbocycles. The molecular weight excluding hydrogens is 190 g/mol. The summed E-state index contributed by atoms with van der Waals surface area (Å²) in [6, 6.07) is 10.6. The van der Waals surface area contributed by atoms with E-state index in [4.69, 9.17) is 0 Å². The predicted octanol–water partition coefficient (Wildman–Crippen LogP) is 3.22. The Morgan fingerprint density at radius 2 is 1.86 bits per heavy atom. The average molecular weight is 209 g/mol. The molecule has 78 valence electrons. The number of nitrogens with zero attached hydrogens (tertiary/aromatic N) is 1. The van der Waals surface area contributed by atoms with Crippen LogP contribution in [-0.4, -0.2) is 18.8 Å². The topological polar surface area (TPSA) is 3.24 Å². The highest BCUT2D eigenvalue weighted by Gasteiger charge is 2.02. The third-order valence-corrected chi connectivity index (χ3v) is 2.47. The number of anilines is 1. The van der Waals surface area contributed by atoms with Gasteiger partial charge >= 0.3 is 0 Å². The number of thiol groups is 1. The van der Waals surface area contributed by atoms with Gasteiger partial charge in [-0.25, -0.2) is 0 Å². The summed E-state index contributed by atoms with van der Waals surface area (Å²) in [5, 5.41) is 0. The maximum absolute atomic E-state index is 4.29. The van der Waals surface area contributed by atoms with Gasteiger partial charge in [-0.15, -0.1) is 0 Å². The molecule has 1 rings (SSSR count). The van der Waals surface area contributed by atoms with Crippen molar-refractivity contribution in [2.75, 3.05) is 23.7 Å². The predicted molar refractivity (Wildman–Crippen MR) is 67.4 cm³/mol. The monoisotopic (exact) mass is 209 g/mol. The Kier molecular flexibility index (Phi) is 5.53. The van der Waals surface area contributed by atoms with E-state index in [1.807, 2.05) is 0 Å². The normalized spacial score (nSPS) is 10.1. The summed E-state index contributed by atoms with van der Waals surface area (Å²) in [6.07, 6.45) is 2.50. The van der Waals surface area contributed by atoms with Crippen molar-refractivity contribution in [2.24, 2.45) is 0 Å². The fourth-order valence-corrected chi connectivity index (χ4v) is 1.72. The van der Waals surface area contributed by atoms with Crippen LogP contribution in [0.3, 0.4) is 0 Å². The highest BCUT2D eigenvalue weighted by atomic mass is 32.1. The molecule has 1 aromatic carbocycles. The van der Waals surface area contributed by atoms with Crippen LogP contribution in [0, 0.1) is 0 Å². The van der Waals surface area contributed by atoms with E-state index < -0.39 is 0 Å². The van der Waals surface area contributed by atoms with Crippen molar-refractivity contribution < 1.29 is 0 Å². The van der Waals surface area contributed by atoms with Crippen LogP contribution in [-0.2, 0) is 0 Å². The van der Waals surface area contributed by atoms with E-state index >= 15 is 0 Å². The SMILES string of the molecule is CCCCN(CCS)c1ccccc1. The molecule has 0 aromatic heterocycles. The first kappa shape index (κ1) is 11.4. The third-order valence-electron chi connectivity index (χ3n) is 2.27. The first-order valence-electron chi connectivity index (χ1n) is 5.29. The van der Waals surface area contributed by atoms with Crippen LogP contribution in [0.2, 0.25) is 0 Å². The molecule has 0 aliphatic rings. The lowest BCUT2D eigenvalue weighted by atomic mass is 10.2. The highest BCUT2D eigenvalue weighted by Crippen LogP contribution is 2.13. The van der Waals surface area contributed by atoms with E-state index in [0.29, 0.717) is 0 Å². The summed E-state index contributed by atoms with van der Waals surface area (Å²) in [5.74, 6) is 0.915. The number of benzene rings is 1. The minimum absolute atomic E-state index is 0.915. The van der Waals surface area contributed by atoms with E-state index in [0.717, 1.165) is 18.8 Å². The van der Waals surface area contributed by atoms with Crippen LogP contribution in [0.4, 0.5) is 5.69 Å². The molecule has 0 fully saturated rings. The Balaban J connectivity index is 2.58. The first-order valence-corrected chi connectivity index (χ1v) is 5.92. The van der Waals surface area contributed by atoms with Crippen LogP contribution in [0.25, 0.3) is 0 Å². The zero-order chi connectivity index (χ0) is 10.2. The summed E-state index contributed by atoms with van der Waals surface area (Å²) < 4.78 is 0. The number of hydrogen-bond acceptors (Lipinski definition) is 2. The van der Waals surface area contributed by atoms with Gasteiger partial charge in [0.25, 0.3) is 0 Å². The van der Waals surface area contributed by atoms with E-state index in [-0.39, 0.29) is 0 Å². The fourth-order valence-electron chi connectivity index (χ4n) is 1.48. The molecule has 14 heavy (non-hydrogen) atoms. The molecule has 0 spiro atoms. The molecular formula is C12H19NS. The summed E-state index contributed by atoms with van der Waals surface area (Å²) in [7, 11) is 0. The highest BCUT2D eigenvalue weighted by molar-refractivity contribution is 7.80. The van der Waals surface area contributed by atoms with Gasteiger partial charge in [0.15, 0.2) is 0 Å². The second-order valence-electron chi connectivity index (χ2n) is 3.40. The van der Waals surface area contributed by atoms with Gasteiger partial charge in [0.1, 0.15) is 0 Å². The molecule has 2 heteroatoms. The van der Waals surface area contributed by atoms with Crippen molar-refractivity contribution >= 4 is 18.3 Å². The second kappa shape index (κ2) is 6.77. The molecule has 0 aliphatic heterocycles. The number of rotatable bonds is 6. The lowest BCUT2D eigenvalue weighted by molar-refractivity contribution is 0.735. The van der Waals surface area contributed by atoms with Crippen molar-refractivity contribution in [2.45, 2.75) is 19.8 Å². The van der Waals surface area contributed by atoms with E-state index in [9.17, 15) is 0 Å². The lowest BCUT2D eigenvalue weighted by Gasteiger charge is -2.23. The molecule has 0 atom stereocenters. The number of unbranched alkanes of at least 4 members (excludes halogenated alkanes) is 1. The van der Waals surface area contributed by atoms with Gasteiger partial charge in [-0.2, -0.15) is 12.6 Å². The zero-order valence-electron chi connectivity index (χ0n) is 8.82. The summed E-state index contributed by atoms with van der Waals surface area (Å²) in [6.45, 7) is 4.40. The van der Waals surface area contributed by atoms with Crippen LogP contribution >= 0.6 is 12.6 Å². The molecule has 0 aliphatic carbocycles. The summed E-state index contributed by atoms with van der Waals surface area (Å²) >= 11 is 4.29. The van der Waals surface area contributed by atoms with Gasteiger partial charge in [0, 0.05) is 24.5 Å². The fraction of sp³-hybridized carbons (Fsp3) is 0.500. The van der Waals surface area contributed by atoms with Crippen molar-refractivity contribution in [1.29, 1.82) is 0 Å². The Morgan fingerprint density at radius 1 is 1.14 bits per heavy atom. The van der Waals surface area contributed by atoms with Crippen LogP contribution in [0.5, 0.6) is 0 Å². The molecule has 0 saturated heterocycles. The van der Waals surface area contributed by atoms with Gasteiger partial charge < -0.3 is 4.90 Å². The summed E-state index contributed by atoms with van der Waals surface area (Å²) in [4.78, 5) is 2.40. The molecule has 0 bridgehead atoms. The Morgan fingerprint density at radius 3 is 2.43 bits per heavy atom. The molecule has 1 nitrogen and oxygen atoms in total. The Bertz CT molecular complexity index is 235. The van der Waals surface area contributed by atoms with E-state index in [1.54, 1.807) is 0 Å². The van der Waals surface area contributed by atoms with Crippen LogP contribution in [0.1, 0.15) is 19.8 Å². The maximum atomic E-state index is 4.29. The van der Waals surface area contributed by atoms with Gasteiger partial charge in [-0.1, -0.05) is 31.5 Å².